The highest BCUT2D eigenvalue weighted by Gasteiger charge is 2.32. The molecule has 0 aliphatic carbocycles. The van der Waals surface area contributed by atoms with Gasteiger partial charge in [-0.3, -0.25) is 9.36 Å². The van der Waals surface area contributed by atoms with Crippen molar-refractivity contribution in [3.8, 4) is 5.82 Å². The number of rotatable bonds is 5. The molecule has 4 rings (SSSR count). The number of aromatic nitrogens is 3. The predicted molar refractivity (Wildman–Crippen MR) is 107 cm³/mol. The Morgan fingerprint density at radius 1 is 1.04 bits per heavy atom. The largest absolute Gasteiger partial charge is 0.376 e. The summed E-state index contributed by atoms with van der Waals surface area (Å²) in [6.45, 7) is 1.72. The van der Waals surface area contributed by atoms with Crippen LogP contribution in [0.1, 0.15) is 18.1 Å². The Balaban J connectivity index is 1.59. The number of hydrogen-bond donors (Lipinski definition) is 2. The molecule has 1 unspecified atom stereocenters. The minimum atomic E-state index is -1.62. The molecule has 140 valence electrons. The summed E-state index contributed by atoms with van der Waals surface area (Å²) in [5.74, 6) is 0.222. The van der Waals surface area contributed by atoms with Gasteiger partial charge >= 0.3 is 0 Å². The Hall–Kier alpha value is -3.51. The van der Waals surface area contributed by atoms with Gasteiger partial charge < -0.3 is 10.4 Å². The molecule has 2 aromatic carbocycles. The first-order valence-corrected chi connectivity index (χ1v) is 9.00. The second kappa shape index (κ2) is 7.25. The van der Waals surface area contributed by atoms with E-state index >= 15 is 0 Å². The second-order valence-corrected chi connectivity index (χ2v) is 6.71. The average molecular weight is 372 g/mol. The van der Waals surface area contributed by atoms with Gasteiger partial charge in [0.25, 0.3) is 5.91 Å². The minimum absolute atomic E-state index is 0.234. The van der Waals surface area contributed by atoms with Gasteiger partial charge in [-0.2, -0.15) is 0 Å². The van der Waals surface area contributed by atoms with Crippen LogP contribution in [0.25, 0.3) is 16.9 Å². The van der Waals surface area contributed by atoms with Crippen LogP contribution in [-0.2, 0) is 16.9 Å². The molecule has 0 radical (unpaired) electrons. The van der Waals surface area contributed by atoms with Gasteiger partial charge in [-0.05, 0) is 30.7 Å². The van der Waals surface area contributed by atoms with E-state index in [1.807, 2.05) is 47.0 Å². The first-order valence-electron chi connectivity index (χ1n) is 9.00. The van der Waals surface area contributed by atoms with Gasteiger partial charge in [-0.1, -0.05) is 48.5 Å². The van der Waals surface area contributed by atoms with Crippen LogP contribution in [0.5, 0.6) is 0 Å². The van der Waals surface area contributed by atoms with E-state index in [4.69, 9.17) is 0 Å². The van der Waals surface area contributed by atoms with Crippen molar-refractivity contribution < 1.29 is 9.90 Å². The summed E-state index contributed by atoms with van der Waals surface area (Å²) in [5, 5.41) is 13.5. The normalized spacial score (nSPS) is 13.2. The number of carbonyl (C=O) groups is 1. The van der Waals surface area contributed by atoms with Crippen LogP contribution in [-0.4, -0.2) is 25.5 Å². The van der Waals surface area contributed by atoms with Crippen molar-refractivity contribution in [2.24, 2.45) is 0 Å². The lowest BCUT2D eigenvalue weighted by molar-refractivity contribution is -0.139. The fourth-order valence-electron chi connectivity index (χ4n) is 3.15. The van der Waals surface area contributed by atoms with E-state index in [-0.39, 0.29) is 6.54 Å². The van der Waals surface area contributed by atoms with E-state index in [9.17, 15) is 9.90 Å². The van der Waals surface area contributed by atoms with E-state index in [2.05, 4.69) is 15.3 Å². The summed E-state index contributed by atoms with van der Waals surface area (Å²) in [7, 11) is 0. The van der Waals surface area contributed by atoms with E-state index in [0.717, 1.165) is 16.6 Å². The van der Waals surface area contributed by atoms with E-state index in [0.29, 0.717) is 11.4 Å². The van der Waals surface area contributed by atoms with Crippen molar-refractivity contribution in [1.82, 2.24) is 19.9 Å². The van der Waals surface area contributed by atoms with Crippen LogP contribution in [0, 0.1) is 0 Å². The van der Waals surface area contributed by atoms with Crippen molar-refractivity contribution in [2.45, 2.75) is 19.1 Å². The molecule has 1 amide bonds. The number of benzene rings is 2. The number of imidazole rings is 1. The summed E-state index contributed by atoms with van der Waals surface area (Å²) < 4.78 is 1.90. The van der Waals surface area contributed by atoms with Crippen molar-refractivity contribution in [3.63, 3.8) is 0 Å². The Kier molecular flexibility index (Phi) is 4.63. The van der Waals surface area contributed by atoms with Crippen LogP contribution >= 0.6 is 0 Å². The number of pyridine rings is 1. The highest BCUT2D eigenvalue weighted by Crippen LogP contribution is 2.22. The topological polar surface area (TPSA) is 80.0 Å². The van der Waals surface area contributed by atoms with Crippen LogP contribution in [0.4, 0.5) is 0 Å². The summed E-state index contributed by atoms with van der Waals surface area (Å²) in [4.78, 5) is 21.5. The molecule has 0 aliphatic heterocycles. The molecular formula is C22H20N4O2. The number of nitrogens with zero attached hydrogens (tertiary/aromatic N) is 3. The van der Waals surface area contributed by atoms with Crippen LogP contribution in [0.15, 0.2) is 79.3 Å². The molecule has 0 spiro atoms. The Bertz CT molecular complexity index is 1120. The molecule has 2 heterocycles. The fraction of sp³-hybridized carbons (Fsp3) is 0.136. The van der Waals surface area contributed by atoms with Crippen molar-refractivity contribution in [3.05, 3.63) is 90.4 Å². The number of para-hydroxylation sites is 2. The zero-order valence-corrected chi connectivity index (χ0v) is 15.4. The smallest absolute Gasteiger partial charge is 0.256 e. The number of amides is 1. The highest BCUT2D eigenvalue weighted by molar-refractivity contribution is 5.86. The monoisotopic (exact) mass is 372 g/mol. The summed E-state index contributed by atoms with van der Waals surface area (Å²) in [6.07, 6.45) is 3.42. The molecule has 0 saturated carbocycles. The lowest BCUT2D eigenvalue weighted by Crippen LogP contribution is -2.42. The quantitative estimate of drug-likeness (QED) is 0.564. The van der Waals surface area contributed by atoms with Crippen molar-refractivity contribution in [2.75, 3.05) is 0 Å². The van der Waals surface area contributed by atoms with Gasteiger partial charge in [0.1, 0.15) is 12.1 Å². The summed E-state index contributed by atoms with van der Waals surface area (Å²) in [5.41, 5.74) is 1.55. The number of nitrogens with one attached hydrogen (secondary N) is 1. The number of aliphatic hydroxyl groups is 1. The summed E-state index contributed by atoms with van der Waals surface area (Å²) >= 11 is 0. The zero-order valence-electron chi connectivity index (χ0n) is 15.4. The molecular weight excluding hydrogens is 352 g/mol. The second-order valence-electron chi connectivity index (χ2n) is 6.71. The third kappa shape index (κ3) is 3.25. The van der Waals surface area contributed by atoms with Gasteiger partial charge in [0.15, 0.2) is 5.60 Å². The van der Waals surface area contributed by atoms with E-state index in [1.165, 1.54) is 6.92 Å². The molecule has 2 aromatic heterocycles. The maximum absolute atomic E-state index is 12.6. The molecule has 28 heavy (non-hydrogen) atoms. The van der Waals surface area contributed by atoms with Crippen LogP contribution in [0.2, 0.25) is 0 Å². The van der Waals surface area contributed by atoms with Crippen molar-refractivity contribution in [1.29, 1.82) is 0 Å². The maximum atomic E-state index is 12.6. The Labute approximate surface area is 162 Å². The van der Waals surface area contributed by atoms with Crippen molar-refractivity contribution >= 4 is 16.9 Å². The third-order valence-electron chi connectivity index (χ3n) is 4.77. The molecule has 0 aliphatic rings. The average Bonchev–Trinajstić information content (AvgIpc) is 3.17. The molecule has 6 heteroatoms. The van der Waals surface area contributed by atoms with E-state index < -0.39 is 11.5 Å². The lowest BCUT2D eigenvalue weighted by Gasteiger charge is -2.23. The summed E-state index contributed by atoms with van der Waals surface area (Å²) in [6, 6.07) is 20.4. The Morgan fingerprint density at radius 3 is 2.61 bits per heavy atom. The number of hydrogen-bond acceptors (Lipinski definition) is 4. The lowest BCUT2D eigenvalue weighted by atomic mass is 9.95. The van der Waals surface area contributed by atoms with E-state index in [1.54, 1.807) is 36.8 Å². The molecule has 2 N–H and O–H groups in total. The zero-order chi connectivity index (χ0) is 19.6. The first-order chi connectivity index (χ1) is 13.6. The highest BCUT2D eigenvalue weighted by atomic mass is 16.3. The maximum Gasteiger partial charge on any atom is 0.256 e. The third-order valence-corrected chi connectivity index (χ3v) is 4.77. The first kappa shape index (κ1) is 17.9. The van der Waals surface area contributed by atoms with Gasteiger partial charge in [0.2, 0.25) is 0 Å². The van der Waals surface area contributed by atoms with Gasteiger partial charge in [0.05, 0.1) is 11.0 Å². The van der Waals surface area contributed by atoms with Gasteiger partial charge in [0, 0.05) is 18.3 Å². The van der Waals surface area contributed by atoms with Crippen LogP contribution < -0.4 is 5.32 Å². The molecule has 6 nitrogen and oxygen atoms in total. The standard InChI is InChI=1S/C22H20N4O2/c1-22(28,17-9-3-2-4-10-17)21(27)24-14-16-8-7-13-23-20(16)26-15-25-18-11-5-6-12-19(18)26/h2-13,15,28H,14H2,1H3,(H,24,27). The van der Waals surface area contributed by atoms with Gasteiger partial charge in [-0.15, -0.1) is 0 Å². The Morgan fingerprint density at radius 2 is 1.79 bits per heavy atom. The van der Waals surface area contributed by atoms with Gasteiger partial charge in [-0.25, -0.2) is 9.97 Å². The van der Waals surface area contributed by atoms with Crippen LogP contribution in [0.3, 0.4) is 0 Å². The minimum Gasteiger partial charge on any atom is -0.376 e. The molecule has 1 atom stereocenters. The SMILES string of the molecule is CC(O)(C(=O)NCc1cccnc1-n1cnc2ccccc21)c1ccccc1. The number of fused-ring (bicyclic) bond motifs is 1. The predicted octanol–water partition coefficient (Wildman–Crippen LogP) is 2.94. The molecule has 0 bridgehead atoms. The molecule has 0 fully saturated rings. The molecule has 0 saturated heterocycles. The fourth-order valence-corrected chi connectivity index (χ4v) is 3.15. The number of carbonyl (C=O) groups excluding carboxylic acids is 1. The molecule has 4 aromatic rings.